The summed E-state index contributed by atoms with van der Waals surface area (Å²) < 4.78 is 16.1. The van der Waals surface area contributed by atoms with Crippen LogP contribution in [0.2, 0.25) is 0 Å². The van der Waals surface area contributed by atoms with Crippen molar-refractivity contribution >= 4 is 46.3 Å². The summed E-state index contributed by atoms with van der Waals surface area (Å²) in [6.07, 6.45) is 4.96. The highest BCUT2D eigenvalue weighted by molar-refractivity contribution is 8.26. The number of hydrogen-bond donors (Lipinski definition) is 0. The van der Waals surface area contributed by atoms with E-state index in [2.05, 4.69) is 11.7 Å². The lowest BCUT2D eigenvalue weighted by Gasteiger charge is -2.12. The summed E-state index contributed by atoms with van der Waals surface area (Å²) in [6.45, 7) is 2.59. The maximum Gasteiger partial charge on any atom is 0.325 e. The predicted molar refractivity (Wildman–Crippen MR) is 110 cm³/mol. The number of esters is 1. The molecule has 1 fully saturated rings. The second kappa shape index (κ2) is 10.3. The van der Waals surface area contributed by atoms with Gasteiger partial charge in [0.15, 0.2) is 11.5 Å². The van der Waals surface area contributed by atoms with Crippen molar-refractivity contribution in [1.29, 1.82) is 0 Å². The molecule has 1 aromatic carbocycles. The number of ether oxygens (including phenoxy) is 3. The van der Waals surface area contributed by atoms with Crippen molar-refractivity contribution in [2.75, 3.05) is 27.4 Å². The second-order valence-corrected chi connectivity index (χ2v) is 7.49. The van der Waals surface area contributed by atoms with Gasteiger partial charge in [0.25, 0.3) is 5.91 Å². The quantitative estimate of drug-likeness (QED) is 0.267. The van der Waals surface area contributed by atoms with E-state index in [1.54, 1.807) is 13.2 Å². The number of amides is 1. The zero-order valence-electron chi connectivity index (χ0n) is 15.6. The summed E-state index contributed by atoms with van der Waals surface area (Å²) >= 11 is 6.35. The molecule has 6 nitrogen and oxygen atoms in total. The summed E-state index contributed by atoms with van der Waals surface area (Å²) in [4.78, 5) is 25.6. The molecule has 146 valence electrons. The molecule has 0 saturated carbocycles. The third-order valence-corrected chi connectivity index (χ3v) is 5.26. The molecule has 0 aliphatic carbocycles. The van der Waals surface area contributed by atoms with E-state index >= 15 is 0 Å². The topological polar surface area (TPSA) is 65.1 Å². The lowest BCUT2D eigenvalue weighted by atomic mass is 10.2. The molecule has 0 atom stereocenters. The highest BCUT2D eigenvalue weighted by Gasteiger charge is 2.33. The van der Waals surface area contributed by atoms with E-state index in [0.29, 0.717) is 27.3 Å². The largest absolute Gasteiger partial charge is 0.493 e. The first kappa shape index (κ1) is 21.2. The summed E-state index contributed by atoms with van der Waals surface area (Å²) in [6, 6.07) is 5.48. The van der Waals surface area contributed by atoms with Crippen LogP contribution in [-0.4, -0.2) is 48.5 Å². The number of methoxy groups -OCH3 is 2. The molecule has 1 amide bonds. The number of benzene rings is 1. The molecule has 0 N–H and O–H groups in total. The fraction of sp³-hybridized carbons (Fsp3) is 0.421. The Balaban J connectivity index is 2.13. The minimum atomic E-state index is -0.515. The monoisotopic (exact) mass is 409 g/mol. The van der Waals surface area contributed by atoms with Gasteiger partial charge in [0.2, 0.25) is 0 Å². The van der Waals surface area contributed by atoms with E-state index in [9.17, 15) is 9.59 Å². The molecular formula is C19H23NO5S2. The Morgan fingerprint density at radius 1 is 1.26 bits per heavy atom. The fourth-order valence-electron chi connectivity index (χ4n) is 2.41. The zero-order chi connectivity index (χ0) is 19.8. The molecule has 0 aromatic heterocycles. The van der Waals surface area contributed by atoms with E-state index in [1.165, 1.54) is 12.0 Å². The molecule has 0 spiro atoms. The van der Waals surface area contributed by atoms with Gasteiger partial charge in [0.05, 0.1) is 25.7 Å². The summed E-state index contributed by atoms with van der Waals surface area (Å²) in [5.41, 5.74) is 0.784. The van der Waals surface area contributed by atoms with Crippen molar-refractivity contribution in [3.63, 3.8) is 0 Å². The number of rotatable bonds is 9. The number of nitrogens with zero attached hydrogens (tertiary/aromatic N) is 1. The minimum absolute atomic E-state index is 0.188. The van der Waals surface area contributed by atoms with Crippen LogP contribution < -0.4 is 9.47 Å². The Labute approximate surface area is 168 Å². The van der Waals surface area contributed by atoms with Gasteiger partial charge in [0, 0.05) is 0 Å². The number of unbranched alkanes of at least 4 members (excludes halogenated alkanes) is 2. The van der Waals surface area contributed by atoms with Gasteiger partial charge in [-0.25, -0.2) is 0 Å². The van der Waals surface area contributed by atoms with Crippen molar-refractivity contribution in [2.45, 2.75) is 26.2 Å². The van der Waals surface area contributed by atoms with Gasteiger partial charge in [-0.2, -0.15) is 0 Å². The maximum atomic E-state index is 12.5. The lowest BCUT2D eigenvalue weighted by Crippen LogP contribution is -2.33. The van der Waals surface area contributed by atoms with Gasteiger partial charge in [-0.05, 0) is 30.2 Å². The van der Waals surface area contributed by atoms with E-state index in [0.717, 1.165) is 36.6 Å². The Bertz CT molecular complexity index is 748. The molecule has 27 heavy (non-hydrogen) atoms. The Kier molecular flexibility index (Phi) is 8.12. The highest BCUT2D eigenvalue weighted by Crippen LogP contribution is 2.34. The van der Waals surface area contributed by atoms with Crippen molar-refractivity contribution in [2.24, 2.45) is 0 Å². The average Bonchev–Trinajstić information content (AvgIpc) is 2.93. The summed E-state index contributed by atoms with van der Waals surface area (Å²) in [5, 5.41) is 0. The van der Waals surface area contributed by atoms with E-state index < -0.39 is 5.97 Å². The number of thiocarbonyl (C=S) groups is 1. The standard InChI is InChI=1S/C19H23NO5S2/c1-4-5-6-9-25-14-8-7-13(10-15(14)23-2)11-16-18(22)20(19(26)27-16)12-17(21)24-3/h7-8,10-11H,4-6,9,12H2,1-3H3/b16-11-. The Morgan fingerprint density at radius 3 is 2.70 bits per heavy atom. The van der Waals surface area contributed by atoms with Crippen LogP contribution in [0.4, 0.5) is 0 Å². The van der Waals surface area contributed by atoms with E-state index in [-0.39, 0.29) is 12.5 Å². The Morgan fingerprint density at radius 2 is 2.04 bits per heavy atom. The maximum absolute atomic E-state index is 12.5. The fourth-order valence-corrected chi connectivity index (χ4v) is 3.66. The highest BCUT2D eigenvalue weighted by atomic mass is 32.2. The van der Waals surface area contributed by atoms with Crippen molar-refractivity contribution < 1.29 is 23.8 Å². The third kappa shape index (κ3) is 5.71. The summed E-state index contributed by atoms with van der Waals surface area (Å²) in [5.74, 6) is 0.447. The molecule has 0 radical (unpaired) electrons. The van der Waals surface area contributed by atoms with Gasteiger partial charge in [-0.15, -0.1) is 0 Å². The van der Waals surface area contributed by atoms with Crippen LogP contribution in [0.15, 0.2) is 23.1 Å². The number of hydrogen-bond acceptors (Lipinski definition) is 7. The molecule has 1 aliphatic rings. The van der Waals surface area contributed by atoms with Gasteiger partial charge >= 0.3 is 5.97 Å². The van der Waals surface area contributed by atoms with Crippen LogP contribution in [-0.2, 0) is 14.3 Å². The molecule has 2 rings (SSSR count). The van der Waals surface area contributed by atoms with E-state index in [1.807, 2.05) is 18.2 Å². The first-order valence-corrected chi connectivity index (χ1v) is 9.85. The van der Waals surface area contributed by atoms with Crippen LogP contribution in [0, 0.1) is 0 Å². The van der Waals surface area contributed by atoms with Crippen LogP contribution >= 0.6 is 24.0 Å². The smallest absolute Gasteiger partial charge is 0.325 e. The number of carbonyl (C=O) groups is 2. The van der Waals surface area contributed by atoms with Gasteiger partial charge in [0.1, 0.15) is 10.9 Å². The molecule has 8 heteroatoms. The van der Waals surface area contributed by atoms with Crippen LogP contribution in [0.5, 0.6) is 11.5 Å². The molecule has 1 aromatic rings. The third-order valence-electron chi connectivity index (χ3n) is 3.88. The molecule has 0 bridgehead atoms. The molecule has 1 heterocycles. The molecule has 0 unspecified atom stereocenters. The number of thioether (sulfide) groups is 1. The van der Waals surface area contributed by atoms with Crippen molar-refractivity contribution in [3.8, 4) is 11.5 Å². The first-order chi connectivity index (χ1) is 13.0. The molecule has 1 aliphatic heterocycles. The normalized spacial score (nSPS) is 15.4. The molecule has 1 saturated heterocycles. The average molecular weight is 410 g/mol. The van der Waals surface area contributed by atoms with Crippen LogP contribution in [0.1, 0.15) is 31.7 Å². The summed E-state index contributed by atoms with van der Waals surface area (Å²) in [7, 11) is 2.85. The predicted octanol–water partition coefficient (Wildman–Crippen LogP) is 3.64. The number of carbonyl (C=O) groups excluding carboxylic acids is 2. The van der Waals surface area contributed by atoms with Gasteiger partial charge in [-0.3, -0.25) is 14.5 Å². The first-order valence-electron chi connectivity index (χ1n) is 8.63. The second-order valence-electron chi connectivity index (χ2n) is 5.81. The van der Waals surface area contributed by atoms with Crippen LogP contribution in [0.3, 0.4) is 0 Å². The zero-order valence-corrected chi connectivity index (χ0v) is 17.3. The SMILES string of the molecule is CCCCCOc1ccc(/C=C2\SC(=S)N(CC(=O)OC)C2=O)cc1OC. The Hall–Kier alpha value is -2.06. The molecular weight excluding hydrogens is 386 g/mol. The van der Waals surface area contributed by atoms with Crippen molar-refractivity contribution in [1.82, 2.24) is 4.90 Å². The van der Waals surface area contributed by atoms with Crippen molar-refractivity contribution in [3.05, 3.63) is 28.7 Å². The lowest BCUT2D eigenvalue weighted by molar-refractivity contribution is -0.143. The van der Waals surface area contributed by atoms with Crippen LogP contribution in [0.25, 0.3) is 6.08 Å². The minimum Gasteiger partial charge on any atom is -0.493 e. The van der Waals surface area contributed by atoms with Gasteiger partial charge in [-0.1, -0.05) is 49.8 Å². The van der Waals surface area contributed by atoms with E-state index in [4.69, 9.17) is 21.7 Å². The van der Waals surface area contributed by atoms with Gasteiger partial charge < -0.3 is 14.2 Å².